The van der Waals surface area contributed by atoms with Gasteiger partial charge in [0.25, 0.3) is 0 Å². The van der Waals surface area contributed by atoms with Crippen molar-refractivity contribution in [2.45, 2.75) is 107 Å². The molecule has 0 spiro atoms. The highest BCUT2D eigenvalue weighted by molar-refractivity contribution is 8.06. The Morgan fingerprint density at radius 1 is 1.00 bits per heavy atom. The Morgan fingerprint density at radius 2 is 1.48 bits per heavy atom. The largest absolute Gasteiger partial charge is 0.103 e. The molecule has 1 fully saturated rings. The molecule has 1 aliphatic rings. The second-order valence-electron chi connectivity index (χ2n) is 8.08. The lowest BCUT2D eigenvalue weighted by molar-refractivity contribution is 0.877. The third kappa shape index (κ3) is 11.3. The van der Waals surface area contributed by atoms with Gasteiger partial charge in [-0.25, -0.2) is 0 Å². The van der Waals surface area contributed by atoms with Gasteiger partial charge in [-0.15, -0.1) is 6.58 Å². The highest BCUT2D eigenvalue weighted by Gasteiger charge is 2.47. The Hall–Kier alpha value is -1.73. The van der Waals surface area contributed by atoms with E-state index >= 15 is 0 Å². The number of benzene rings is 1. The number of aryl methyl sites for hydroxylation is 1. The van der Waals surface area contributed by atoms with Gasteiger partial charge < -0.3 is 0 Å². The van der Waals surface area contributed by atoms with Crippen LogP contribution in [0.25, 0.3) is 0 Å². The first kappa shape index (κ1) is 33.4. The van der Waals surface area contributed by atoms with Crippen LogP contribution in [-0.2, 0) is 5.41 Å². The van der Waals surface area contributed by atoms with Gasteiger partial charge >= 0.3 is 0 Å². The van der Waals surface area contributed by atoms with E-state index in [1.165, 1.54) is 50.5 Å². The van der Waals surface area contributed by atoms with Crippen LogP contribution in [0.1, 0.15) is 106 Å². The van der Waals surface area contributed by atoms with Crippen LogP contribution in [0.2, 0.25) is 0 Å². The van der Waals surface area contributed by atoms with E-state index in [9.17, 15) is 0 Å². The van der Waals surface area contributed by atoms with Crippen LogP contribution >= 0.6 is 11.8 Å². The van der Waals surface area contributed by atoms with Crippen molar-refractivity contribution >= 4 is 11.8 Å². The summed E-state index contributed by atoms with van der Waals surface area (Å²) in [6.07, 6.45) is 10.9. The predicted octanol–water partition coefficient (Wildman–Crippen LogP) is 11.5. The summed E-state index contributed by atoms with van der Waals surface area (Å²) < 4.78 is 0. The van der Waals surface area contributed by atoms with Crippen LogP contribution in [0.4, 0.5) is 0 Å². The van der Waals surface area contributed by atoms with Crippen molar-refractivity contribution in [3.63, 3.8) is 0 Å². The molecule has 1 aromatic carbocycles. The highest BCUT2D eigenvalue weighted by atomic mass is 32.2. The quantitative estimate of drug-likeness (QED) is 0.270. The molecule has 1 saturated carbocycles. The van der Waals surface area contributed by atoms with E-state index in [1.54, 1.807) is 6.08 Å². The third-order valence-electron chi connectivity index (χ3n) is 5.51. The lowest BCUT2D eigenvalue weighted by Crippen LogP contribution is -2.07. The molecule has 0 nitrogen and oxygen atoms in total. The molecular formula is C32H52S. The molecule has 33 heavy (non-hydrogen) atoms. The monoisotopic (exact) mass is 468 g/mol. The molecule has 1 aliphatic carbocycles. The van der Waals surface area contributed by atoms with Crippen LogP contribution in [0.3, 0.4) is 0 Å². The van der Waals surface area contributed by atoms with E-state index in [0.29, 0.717) is 0 Å². The van der Waals surface area contributed by atoms with E-state index in [1.807, 2.05) is 46.4 Å². The van der Waals surface area contributed by atoms with Crippen LogP contribution in [0, 0.1) is 6.92 Å². The van der Waals surface area contributed by atoms with Gasteiger partial charge in [0.15, 0.2) is 0 Å². The summed E-state index contributed by atoms with van der Waals surface area (Å²) in [7, 11) is 0. The molecular weight excluding hydrogens is 416 g/mol. The minimum absolute atomic E-state index is 0.187. The van der Waals surface area contributed by atoms with E-state index < -0.39 is 0 Å². The molecule has 0 radical (unpaired) electrons. The van der Waals surface area contributed by atoms with Gasteiger partial charge in [-0.3, -0.25) is 0 Å². The molecule has 0 unspecified atom stereocenters. The van der Waals surface area contributed by atoms with Crippen LogP contribution in [0.15, 0.2) is 82.2 Å². The second-order valence-corrected chi connectivity index (χ2v) is 9.30. The smallest absolute Gasteiger partial charge is 0.0261 e. The van der Waals surface area contributed by atoms with Gasteiger partial charge in [0, 0.05) is 11.8 Å². The molecule has 0 aromatic heterocycles. The van der Waals surface area contributed by atoms with Gasteiger partial charge in [0.05, 0.1) is 0 Å². The maximum atomic E-state index is 4.50. The first-order valence-electron chi connectivity index (χ1n) is 12.8. The van der Waals surface area contributed by atoms with Crippen LogP contribution < -0.4 is 0 Å². The average molecular weight is 469 g/mol. The molecule has 0 atom stereocenters. The fraction of sp³-hybridized carbons (Fsp3) is 0.500. The Kier molecular flexibility index (Phi) is 18.9. The predicted molar refractivity (Wildman–Crippen MR) is 158 cm³/mol. The van der Waals surface area contributed by atoms with Gasteiger partial charge in [-0.1, -0.05) is 107 Å². The summed E-state index contributed by atoms with van der Waals surface area (Å²) in [5, 5.41) is 0. The molecule has 0 amide bonds. The summed E-state index contributed by atoms with van der Waals surface area (Å²) >= 11 is 1.90. The fourth-order valence-electron chi connectivity index (χ4n) is 3.29. The van der Waals surface area contributed by atoms with Crippen molar-refractivity contribution in [2.75, 3.05) is 0 Å². The summed E-state index contributed by atoms with van der Waals surface area (Å²) in [5.41, 5.74) is 7.23. The first-order chi connectivity index (χ1) is 15.7. The van der Waals surface area contributed by atoms with Crippen LogP contribution in [-0.4, -0.2) is 0 Å². The Morgan fingerprint density at radius 3 is 1.85 bits per heavy atom. The second kappa shape index (κ2) is 18.7. The molecule has 1 aromatic rings. The lowest BCUT2D eigenvalue weighted by atomic mass is 9.95. The zero-order valence-corrected chi connectivity index (χ0v) is 24.5. The van der Waals surface area contributed by atoms with Crippen LogP contribution in [0.5, 0.6) is 0 Å². The zero-order chi connectivity index (χ0) is 26.0. The van der Waals surface area contributed by atoms with Gasteiger partial charge in [-0.2, -0.15) is 0 Å². The van der Waals surface area contributed by atoms with E-state index in [-0.39, 0.29) is 5.41 Å². The number of thioether (sulfide) groups is 1. The van der Waals surface area contributed by atoms with Gasteiger partial charge in [0.2, 0.25) is 0 Å². The number of rotatable bonds is 8. The first-order valence-corrected chi connectivity index (χ1v) is 13.6. The number of allylic oxidation sites excluding steroid dienone is 8. The Labute approximate surface area is 212 Å². The summed E-state index contributed by atoms with van der Waals surface area (Å²) in [4.78, 5) is 2.72. The van der Waals surface area contributed by atoms with E-state index in [0.717, 1.165) is 12.8 Å². The SMILES string of the molecule is C=C(S/C(=C\C)C/C(=C/CC)C(C)=C(C)C)C1(c2ccc(C)cc2)CC1.C=CC.CC.CC. The minimum atomic E-state index is 0.187. The van der Waals surface area contributed by atoms with E-state index in [2.05, 4.69) is 91.1 Å². The van der Waals surface area contributed by atoms with Crippen molar-refractivity contribution in [2.24, 2.45) is 0 Å². The molecule has 186 valence electrons. The lowest BCUT2D eigenvalue weighted by Gasteiger charge is -2.21. The standard InChI is InChI=1S/C25H34S.C3H6.2C2H6/c1-8-10-22(20(6)18(3)4)17-24(9-2)26-21(7)25(15-16-25)23-13-11-19(5)12-14-23;1-3-2;2*1-2/h9-14H,7-8,15-17H2,1-6H3;3H,1H2,2H3;2*1-2H3/b22-10-,24-9-;;;. The highest BCUT2D eigenvalue weighted by Crippen LogP contribution is 2.58. The Bertz CT molecular complexity index is 776. The zero-order valence-electron chi connectivity index (χ0n) is 23.7. The number of hydrogen-bond acceptors (Lipinski definition) is 1. The molecule has 0 bridgehead atoms. The minimum Gasteiger partial charge on any atom is -0.103 e. The summed E-state index contributed by atoms with van der Waals surface area (Å²) in [5.74, 6) is 0. The van der Waals surface area contributed by atoms with Crippen molar-refractivity contribution < 1.29 is 0 Å². The molecule has 2 rings (SSSR count). The fourth-order valence-corrected chi connectivity index (χ4v) is 4.47. The van der Waals surface area contributed by atoms with Crippen molar-refractivity contribution in [3.8, 4) is 0 Å². The Balaban J connectivity index is 0. The number of hydrogen-bond donors (Lipinski definition) is 0. The average Bonchev–Trinajstić information content (AvgIpc) is 3.63. The molecule has 0 heterocycles. The van der Waals surface area contributed by atoms with Crippen molar-refractivity contribution in [1.29, 1.82) is 0 Å². The van der Waals surface area contributed by atoms with Gasteiger partial charge in [0.1, 0.15) is 0 Å². The molecule has 0 saturated heterocycles. The van der Waals surface area contributed by atoms with Crippen molar-refractivity contribution in [1.82, 2.24) is 0 Å². The molecule has 1 heteroatoms. The maximum absolute atomic E-state index is 4.50. The maximum Gasteiger partial charge on any atom is 0.0261 e. The summed E-state index contributed by atoms with van der Waals surface area (Å²) in [6.45, 7) is 30.9. The van der Waals surface area contributed by atoms with E-state index in [4.69, 9.17) is 0 Å². The third-order valence-corrected chi connectivity index (χ3v) is 6.79. The van der Waals surface area contributed by atoms with Gasteiger partial charge in [-0.05, 0) is 87.3 Å². The normalized spacial score (nSPS) is 13.7. The van der Waals surface area contributed by atoms with Crippen molar-refractivity contribution in [3.05, 3.63) is 93.3 Å². The molecule has 0 N–H and O–H groups in total. The summed E-state index contributed by atoms with van der Waals surface area (Å²) in [6, 6.07) is 9.03. The molecule has 0 aliphatic heterocycles. The topological polar surface area (TPSA) is 0 Å².